The summed E-state index contributed by atoms with van der Waals surface area (Å²) in [6.07, 6.45) is 0. The van der Waals surface area contributed by atoms with Gasteiger partial charge in [-0.15, -0.1) is 0 Å². The maximum absolute atomic E-state index is 8.33. The van der Waals surface area contributed by atoms with E-state index in [1.807, 2.05) is 9.91 Å². The van der Waals surface area contributed by atoms with Crippen molar-refractivity contribution in [2.24, 2.45) is 5.10 Å². The lowest BCUT2D eigenvalue weighted by atomic mass is 9.80. The largest absolute Gasteiger partial charge is 0.308 e. The van der Waals surface area contributed by atoms with E-state index in [9.17, 15) is 0 Å². The van der Waals surface area contributed by atoms with E-state index < -0.39 is 6.85 Å². The highest BCUT2D eigenvalue weighted by Crippen LogP contribution is 2.37. The second-order valence-corrected chi connectivity index (χ2v) is 13.9. The molecule has 1 aliphatic rings. The van der Waals surface area contributed by atoms with Gasteiger partial charge in [0.15, 0.2) is 0 Å². The lowest BCUT2D eigenvalue weighted by Gasteiger charge is -2.30. The van der Waals surface area contributed by atoms with Gasteiger partial charge in [0.2, 0.25) is 0 Å². The average molecular weight is 465 g/mol. The van der Waals surface area contributed by atoms with Crippen molar-refractivity contribution in [1.29, 1.82) is 0 Å². The van der Waals surface area contributed by atoms with Gasteiger partial charge in [-0.3, -0.25) is 0 Å². The molecule has 1 heterocycles. The molecule has 2 aromatic carbocycles. The maximum atomic E-state index is 8.33. The minimum absolute atomic E-state index is 0.0470. The molecule has 1 aliphatic heterocycles. The molecule has 0 saturated carbocycles. The number of hydrogen-bond donors (Lipinski definition) is 0. The van der Waals surface area contributed by atoms with Crippen molar-refractivity contribution in [2.45, 2.75) is 112 Å². The molecule has 0 N–H and O–H groups in total. The molecule has 3 nitrogen and oxygen atoms in total. The molecule has 186 valence electrons. The zero-order chi connectivity index (χ0) is 28.4. The molecule has 0 unspecified atom stereocenters. The topological polar surface area (TPSA) is 18.8 Å². The summed E-state index contributed by atoms with van der Waals surface area (Å²) in [7, 11) is 0. The van der Waals surface area contributed by atoms with Crippen molar-refractivity contribution in [3.05, 3.63) is 58.7 Å². The van der Waals surface area contributed by atoms with Crippen LogP contribution in [-0.4, -0.2) is 12.5 Å². The highest BCUT2D eigenvalue weighted by molar-refractivity contribution is 5.99. The van der Waals surface area contributed by atoms with E-state index in [0.717, 1.165) is 11.4 Å². The normalized spacial score (nSPS) is 17.4. The highest BCUT2D eigenvalue weighted by atomic mass is 15.6. The zero-order valence-electron chi connectivity index (χ0n) is 26.5. The molecule has 0 radical (unpaired) electrons. The smallest absolute Gasteiger partial charge is 0.128 e. The third kappa shape index (κ3) is 5.67. The molecule has 2 aromatic rings. The van der Waals surface area contributed by atoms with Crippen LogP contribution < -0.4 is 9.91 Å². The fourth-order valence-corrected chi connectivity index (χ4v) is 4.00. The lowest BCUT2D eigenvalue weighted by Crippen LogP contribution is -2.31. The number of rotatable bonds is 2. The Morgan fingerprint density at radius 1 is 0.588 bits per heavy atom. The molecule has 0 bridgehead atoms. The first-order valence-corrected chi connectivity index (χ1v) is 12.4. The standard InChI is InChI=1S/C31H47N3/c1-21-32-34(27-18-24(30(8,9)10)15-25(19-27)31(11,12)13)20-33(21)26-16-22(28(2,3)4)14-23(17-26)29(5,6)7/h14-19H,20H2,1-13H3/i1D3. The van der Waals surface area contributed by atoms with Crippen molar-refractivity contribution >= 4 is 17.2 Å². The second-order valence-electron chi connectivity index (χ2n) is 13.9. The van der Waals surface area contributed by atoms with Crippen LogP contribution in [0.2, 0.25) is 0 Å². The Kier molecular flexibility index (Phi) is 5.50. The number of hydrogen-bond acceptors (Lipinski definition) is 3. The van der Waals surface area contributed by atoms with E-state index in [1.165, 1.54) is 22.3 Å². The molecule has 3 rings (SSSR count). The van der Waals surface area contributed by atoms with Gasteiger partial charge < -0.3 is 4.90 Å². The van der Waals surface area contributed by atoms with Crippen molar-refractivity contribution < 1.29 is 4.11 Å². The first-order chi connectivity index (χ1) is 16.5. The second kappa shape index (κ2) is 8.43. The highest BCUT2D eigenvalue weighted by Gasteiger charge is 2.28. The van der Waals surface area contributed by atoms with Crippen LogP contribution in [-0.2, 0) is 21.7 Å². The molecular weight excluding hydrogens is 414 g/mol. The monoisotopic (exact) mass is 464 g/mol. The van der Waals surface area contributed by atoms with Gasteiger partial charge in [-0.1, -0.05) is 95.2 Å². The Morgan fingerprint density at radius 2 is 0.941 bits per heavy atom. The third-order valence-electron chi connectivity index (χ3n) is 6.66. The summed E-state index contributed by atoms with van der Waals surface area (Å²) in [6.45, 7) is 24.4. The fourth-order valence-electron chi connectivity index (χ4n) is 4.00. The van der Waals surface area contributed by atoms with Gasteiger partial charge >= 0.3 is 0 Å². The van der Waals surface area contributed by atoms with Gasteiger partial charge in [-0.05, 0) is 75.0 Å². The van der Waals surface area contributed by atoms with E-state index in [1.54, 1.807) is 0 Å². The van der Waals surface area contributed by atoms with E-state index in [4.69, 9.17) is 9.21 Å². The van der Waals surface area contributed by atoms with Crippen LogP contribution in [0.3, 0.4) is 0 Å². The summed E-state index contributed by atoms with van der Waals surface area (Å²) in [4.78, 5) is 1.87. The van der Waals surface area contributed by atoms with E-state index in [-0.39, 0.29) is 27.5 Å². The summed E-state index contributed by atoms with van der Waals surface area (Å²) in [5.74, 6) is 0.108. The summed E-state index contributed by atoms with van der Waals surface area (Å²) < 4.78 is 25.0. The van der Waals surface area contributed by atoms with Gasteiger partial charge in [-0.2, -0.15) is 5.10 Å². The Morgan fingerprint density at radius 3 is 1.26 bits per heavy atom. The molecule has 0 atom stereocenters. The van der Waals surface area contributed by atoms with Crippen molar-refractivity contribution in [2.75, 3.05) is 16.6 Å². The van der Waals surface area contributed by atoms with Crippen molar-refractivity contribution in [3.63, 3.8) is 0 Å². The van der Waals surface area contributed by atoms with E-state index >= 15 is 0 Å². The van der Waals surface area contributed by atoms with Gasteiger partial charge in [0, 0.05) is 9.80 Å². The minimum Gasteiger partial charge on any atom is -0.308 e. The predicted molar refractivity (Wildman–Crippen MR) is 151 cm³/mol. The van der Waals surface area contributed by atoms with Gasteiger partial charge in [0.1, 0.15) is 12.5 Å². The van der Waals surface area contributed by atoms with Crippen LogP contribution in [0.15, 0.2) is 41.5 Å². The Labute approximate surface area is 213 Å². The Bertz CT molecular complexity index is 1120. The van der Waals surface area contributed by atoms with Crippen molar-refractivity contribution in [3.8, 4) is 0 Å². The van der Waals surface area contributed by atoms with Gasteiger partial charge in [-0.25, -0.2) is 5.01 Å². The van der Waals surface area contributed by atoms with Crippen LogP contribution in [0.25, 0.3) is 0 Å². The van der Waals surface area contributed by atoms with Crippen LogP contribution in [0.1, 0.15) is 116 Å². The zero-order valence-corrected chi connectivity index (χ0v) is 23.5. The molecule has 0 saturated heterocycles. The molecular formula is C31H47N3. The molecule has 0 aliphatic carbocycles. The summed E-state index contributed by atoms with van der Waals surface area (Å²) >= 11 is 0. The van der Waals surface area contributed by atoms with E-state index in [0.29, 0.717) is 6.67 Å². The van der Waals surface area contributed by atoms with Crippen molar-refractivity contribution in [1.82, 2.24) is 0 Å². The average Bonchev–Trinajstić information content (AvgIpc) is 3.17. The molecule has 0 spiro atoms. The van der Waals surface area contributed by atoms with Gasteiger partial charge in [0.05, 0.1) is 5.69 Å². The van der Waals surface area contributed by atoms with Crippen LogP contribution in [0, 0.1) is 0 Å². The molecule has 0 amide bonds. The lowest BCUT2D eigenvalue weighted by molar-refractivity contribution is 0.568. The summed E-state index contributed by atoms with van der Waals surface area (Å²) in [6, 6.07) is 13.1. The van der Waals surface area contributed by atoms with Crippen LogP contribution in [0.4, 0.5) is 11.4 Å². The number of benzene rings is 2. The summed E-state index contributed by atoms with van der Waals surface area (Å²) in [5.41, 5.74) is 6.34. The van der Waals surface area contributed by atoms with Gasteiger partial charge in [0.25, 0.3) is 0 Å². The Balaban J connectivity index is 2.20. The maximum Gasteiger partial charge on any atom is 0.128 e. The molecule has 0 aromatic heterocycles. The summed E-state index contributed by atoms with van der Waals surface area (Å²) in [5, 5.41) is 6.58. The van der Waals surface area contributed by atoms with Crippen LogP contribution in [0.5, 0.6) is 0 Å². The SMILES string of the molecule is [2H]C([2H])([2H])C1=NN(c2cc(C(C)(C)C)cc(C(C)(C)C)c2)CN1c1cc(C(C)(C)C)cc(C(C)(C)C)c1. The first kappa shape index (κ1) is 22.2. The predicted octanol–water partition coefficient (Wildman–Crippen LogP) is 8.49. The van der Waals surface area contributed by atoms with Crippen LogP contribution >= 0.6 is 0 Å². The first-order valence-electron chi connectivity index (χ1n) is 13.9. The minimum atomic E-state index is -2.34. The quantitative estimate of drug-likeness (QED) is 0.443. The number of amidine groups is 1. The van der Waals surface area contributed by atoms with E-state index in [2.05, 4.69) is 119 Å². The fraction of sp³-hybridized carbons (Fsp3) is 0.581. The molecule has 34 heavy (non-hydrogen) atoms. The third-order valence-corrected chi connectivity index (χ3v) is 6.66. The Hall–Kier alpha value is -2.29. The number of hydrazone groups is 1. The number of nitrogens with zero attached hydrogens (tertiary/aromatic N) is 3. The molecule has 0 fully saturated rings. The molecule has 3 heteroatoms. The number of anilines is 2.